The first-order chi connectivity index (χ1) is 16.5. The van der Waals surface area contributed by atoms with Crippen LogP contribution in [0.1, 0.15) is 35.3 Å². The first kappa shape index (κ1) is 25.1. The molecule has 8 heteroatoms. The fraction of sp³-hybridized carbons (Fsp3) is 0.231. The van der Waals surface area contributed by atoms with Gasteiger partial charge in [0.15, 0.2) is 23.0 Å². The minimum Gasteiger partial charge on any atom is -0.493 e. The average molecular weight is 527 g/mol. The van der Waals surface area contributed by atoms with E-state index in [0.29, 0.717) is 48.4 Å². The van der Waals surface area contributed by atoms with Crippen molar-refractivity contribution in [2.24, 2.45) is 5.10 Å². The largest absolute Gasteiger partial charge is 0.493 e. The summed E-state index contributed by atoms with van der Waals surface area (Å²) in [7, 11) is 1.53. The van der Waals surface area contributed by atoms with Crippen LogP contribution in [0.5, 0.6) is 23.0 Å². The molecule has 0 aliphatic carbocycles. The van der Waals surface area contributed by atoms with Crippen molar-refractivity contribution in [3.63, 3.8) is 0 Å². The third-order valence-electron chi connectivity index (χ3n) is 4.68. The number of amides is 1. The summed E-state index contributed by atoms with van der Waals surface area (Å²) in [6.07, 6.45) is 1.55. The van der Waals surface area contributed by atoms with E-state index in [0.717, 1.165) is 15.6 Å². The number of benzene rings is 3. The molecule has 0 aliphatic heterocycles. The van der Waals surface area contributed by atoms with Gasteiger partial charge >= 0.3 is 0 Å². The summed E-state index contributed by atoms with van der Waals surface area (Å²) in [6, 6.07) is 18.4. The van der Waals surface area contributed by atoms with Crippen LogP contribution >= 0.6 is 15.9 Å². The van der Waals surface area contributed by atoms with Crippen molar-refractivity contribution in [1.82, 2.24) is 5.43 Å². The second kappa shape index (κ2) is 12.6. The van der Waals surface area contributed by atoms with E-state index in [4.69, 9.17) is 18.9 Å². The van der Waals surface area contributed by atoms with Crippen molar-refractivity contribution in [2.75, 3.05) is 20.3 Å². The van der Waals surface area contributed by atoms with E-state index in [2.05, 4.69) is 26.5 Å². The molecule has 1 amide bonds. The van der Waals surface area contributed by atoms with Crippen molar-refractivity contribution in [3.05, 3.63) is 81.8 Å². The number of halogens is 1. The number of ether oxygens (including phenoxy) is 4. The minimum atomic E-state index is -0.364. The number of hydrazone groups is 1. The highest BCUT2D eigenvalue weighted by molar-refractivity contribution is 9.10. The maximum absolute atomic E-state index is 12.5. The van der Waals surface area contributed by atoms with Crippen LogP contribution in [0.25, 0.3) is 0 Å². The zero-order chi connectivity index (χ0) is 24.3. The quantitative estimate of drug-likeness (QED) is 0.260. The van der Waals surface area contributed by atoms with E-state index in [1.165, 1.54) is 7.11 Å². The number of carbonyl (C=O) groups is 1. The van der Waals surface area contributed by atoms with Crippen LogP contribution in [-0.4, -0.2) is 32.4 Å². The van der Waals surface area contributed by atoms with Crippen LogP contribution in [0, 0.1) is 0 Å². The molecule has 0 saturated carbocycles. The molecule has 0 atom stereocenters. The fourth-order valence-electron chi connectivity index (χ4n) is 3.05. The van der Waals surface area contributed by atoms with Crippen molar-refractivity contribution in [3.8, 4) is 23.0 Å². The van der Waals surface area contributed by atoms with Crippen molar-refractivity contribution >= 4 is 28.1 Å². The Morgan fingerprint density at radius 1 is 0.882 bits per heavy atom. The van der Waals surface area contributed by atoms with E-state index in [1.807, 2.05) is 56.3 Å². The summed E-state index contributed by atoms with van der Waals surface area (Å²) < 4.78 is 23.5. The number of hydrogen-bond donors (Lipinski definition) is 1. The Hall–Kier alpha value is -3.52. The van der Waals surface area contributed by atoms with Crippen LogP contribution in [0.15, 0.2) is 70.2 Å². The molecule has 0 bridgehead atoms. The number of hydrogen-bond acceptors (Lipinski definition) is 6. The Labute approximate surface area is 207 Å². The molecule has 0 spiro atoms. The predicted molar refractivity (Wildman–Crippen MR) is 135 cm³/mol. The molecule has 3 rings (SSSR count). The van der Waals surface area contributed by atoms with E-state index in [9.17, 15) is 4.79 Å². The SMILES string of the molecule is CCOc1ccc(C(=O)N/N=C/c2ccc(OCc3ccc(Br)cc3)c(OCC)c2)cc1OC. The molecule has 0 aliphatic rings. The van der Waals surface area contributed by atoms with Gasteiger partial charge in [-0.15, -0.1) is 0 Å². The standard InChI is InChI=1S/C26H27BrN2O5/c1-4-32-22-13-9-20(15-24(22)31-3)26(30)29-28-16-19-8-12-23(25(14-19)33-5-2)34-17-18-6-10-21(27)11-7-18/h6-16H,4-5,17H2,1-3H3,(H,29,30)/b28-16+. The highest BCUT2D eigenvalue weighted by Gasteiger charge is 2.11. The fourth-order valence-corrected chi connectivity index (χ4v) is 3.31. The summed E-state index contributed by atoms with van der Waals surface area (Å²) >= 11 is 3.43. The molecule has 0 saturated heterocycles. The van der Waals surface area contributed by atoms with Crippen molar-refractivity contribution < 1.29 is 23.7 Å². The lowest BCUT2D eigenvalue weighted by atomic mass is 10.2. The normalized spacial score (nSPS) is 10.7. The van der Waals surface area contributed by atoms with Gasteiger partial charge in [-0.3, -0.25) is 4.79 Å². The molecular formula is C26H27BrN2O5. The Balaban J connectivity index is 1.65. The summed E-state index contributed by atoms with van der Waals surface area (Å²) in [5.74, 6) is 1.94. The van der Waals surface area contributed by atoms with Crippen molar-refractivity contribution in [1.29, 1.82) is 0 Å². The Morgan fingerprint density at radius 3 is 2.26 bits per heavy atom. The van der Waals surface area contributed by atoms with Crippen molar-refractivity contribution in [2.45, 2.75) is 20.5 Å². The molecule has 3 aromatic carbocycles. The summed E-state index contributed by atoms with van der Waals surface area (Å²) in [5, 5.41) is 4.07. The molecule has 0 fully saturated rings. The summed E-state index contributed by atoms with van der Waals surface area (Å²) in [4.78, 5) is 12.5. The van der Waals surface area contributed by atoms with Crippen LogP contribution < -0.4 is 24.4 Å². The second-order valence-corrected chi connectivity index (χ2v) is 7.97. The molecule has 178 valence electrons. The molecule has 34 heavy (non-hydrogen) atoms. The van der Waals surface area contributed by atoms with E-state index in [-0.39, 0.29) is 5.91 Å². The molecular weight excluding hydrogens is 500 g/mol. The average Bonchev–Trinajstić information content (AvgIpc) is 2.85. The molecule has 3 aromatic rings. The number of carbonyl (C=O) groups excluding carboxylic acids is 1. The van der Waals surface area contributed by atoms with Gasteiger partial charge in [0.25, 0.3) is 5.91 Å². The smallest absolute Gasteiger partial charge is 0.271 e. The number of nitrogens with one attached hydrogen (secondary N) is 1. The van der Waals surface area contributed by atoms with Gasteiger partial charge in [-0.05, 0) is 73.5 Å². The zero-order valence-electron chi connectivity index (χ0n) is 19.3. The maximum Gasteiger partial charge on any atom is 0.271 e. The molecule has 0 radical (unpaired) electrons. The van der Waals surface area contributed by atoms with Crippen LogP contribution in [-0.2, 0) is 6.61 Å². The lowest BCUT2D eigenvalue weighted by molar-refractivity contribution is 0.0954. The first-order valence-corrected chi connectivity index (χ1v) is 11.6. The summed E-state index contributed by atoms with van der Waals surface area (Å²) in [5.41, 5.74) is 4.73. The topological polar surface area (TPSA) is 78.4 Å². The zero-order valence-corrected chi connectivity index (χ0v) is 20.9. The van der Waals surface area contributed by atoms with Gasteiger partial charge < -0.3 is 18.9 Å². The van der Waals surface area contributed by atoms with Gasteiger partial charge in [0.05, 0.1) is 26.5 Å². The molecule has 0 aromatic heterocycles. The van der Waals surface area contributed by atoms with Gasteiger partial charge in [-0.25, -0.2) is 5.43 Å². The van der Waals surface area contributed by atoms with Gasteiger partial charge in [-0.2, -0.15) is 5.10 Å². The minimum absolute atomic E-state index is 0.364. The van der Waals surface area contributed by atoms with E-state index < -0.39 is 0 Å². The van der Waals surface area contributed by atoms with Gasteiger partial charge in [0, 0.05) is 10.0 Å². The lowest BCUT2D eigenvalue weighted by Gasteiger charge is -2.13. The maximum atomic E-state index is 12.5. The highest BCUT2D eigenvalue weighted by atomic mass is 79.9. The number of methoxy groups -OCH3 is 1. The Bertz CT molecular complexity index is 1130. The first-order valence-electron chi connectivity index (χ1n) is 10.8. The summed E-state index contributed by atoms with van der Waals surface area (Å²) in [6.45, 7) is 5.20. The molecule has 7 nitrogen and oxygen atoms in total. The Morgan fingerprint density at radius 2 is 1.56 bits per heavy atom. The van der Waals surface area contributed by atoms with Gasteiger partial charge in [-0.1, -0.05) is 28.1 Å². The van der Waals surface area contributed by atoms with Crippen LogP contribution in [0.3, 0.4) is 0 Å². The van der Waals surface area contributed by atoms with E-state index in [1.54, 1.807) is 24.4 Å². The molecule has 0 heterocycles. The third-order valence-corrected chi connectivity index (χ3v) is 5.21. The van der Waals surface area contributed by atoms with Crippen LogP contribution in [0.4, 0.5) is 0 Å². The second-order valence-electron chi connectivity index (χ2n) is 7.05. The highest BCUT2D eigenvalue weighted by Crippen LogP contribution is 2.29. The molecule has 1 N–H and O–H groups in total. The van der Waals surface area contributed by atoms with E-state index >= 15 is 0 Å². The third kappa shape index (κ3) is 6.99. The predicted octanol–water partition coefficient (Wildman–Crippen LogP) is 5.60. The lowest BCUT2D eigenvalue weighted by Crippen LogP contribution is -2.17. The number of nitrogens with zero attached hydrogens (tertiary/aromatic N) is 1. The van der Waals surface area contributed by atoms with Gasteiger partial charge in [0.1, 0.15) is 6.61 Å². The van der Waals surface area contributed by atoms with Gasteiger partial charge in [0.2, 0.25) is 0 Å². The molecule has 0 unspecified atom stereocenters. The number of rotatable bonds is 11. The monoisotopic (exact) mass is 526 g/mol. The van der Waals surface area contributed by atoms with Crippen LogP contribution in [0.2, 0.25) is 0 Å². The Kier molecular flexibility index (Phi) is 9.34.